The molecule has 0 aliphatic carbocycles. The summed E-state index contributed by atoms with van der Waals surface area (Å²) in [5.41, 5.74) is 12.4. The molecule has 0 saturated heterocycles. The largest absolute Gasteiger partial charge is 0.496 e. The molecule has 0 saturated carbocycles. The smallest absolute Gasteiger partial charge is 0.124 e. The normalized spacial score (nSPS) is 11.7. The van der Waals surface area contributed by atoms with Crippen molar-refractivity contribution >= 4 is 28.3 Å². The highest BCUT2D eigenvalue weighted by Crippen LogP contribution is 2.28. The second kappa shape index (κ2) is 7.06. The molecule has 5 heteroatoms. The molecule has 15 heavy (non-hydrogen) atoms. The number of rotatable bonds is 4. The topological polar surface area (TPSA) is 61.3 Å². The van der Waals surface area contributed by atoms with Gasteiger partial charge in [-0.15, -0.1) is 12.4 Å². The van der Waals surface area contributed by atoms with Crippen LogP contribution in [-0.4, -0.2) is 13.7 Å². The molecule has 1 aromatic carbocycles. The Balaban J connectivity index is 0.00000196. The molecule has 0 aliphatic rings. The molecule has 0 heterocycles. The van der Waals surface area contributed by atoms with Crippen LogP contribution in [0.5, 0.6) is 5.75 Å². The lowest BCUT2D eigenvalue weighted by atomic mass is 10.0. The Labute approximate surface area is 105 Å². The summed E-state index contributed by atoms with van der Waals surface area (Å²) in [5, 5.41) is 0. The summed E-state index contributed by atoms with van der Waals surface area (Å²) in [4.78, 5) is 0. The number of halogens is 2. The van der Waals surface area contributed by atoms with Gasteiger partial charge in [-0.05, 0) is 25.1 Å². The molecule has 0 unspecified atom stereocenters. The predicted octanol–water partition coefficient (Wildman–Crippen LogP) is 2.23. The highest BCUT2D eigenvalue weighted by molar-refractivity contribution is 9.10. The minimum Gasteiger partial charge on any atom is -0.496 e. The molecule has 0 bridgehead atoms. The standard InChI is InChI=1S/C10H15BrN2O.ClH/c1-14-10-6-7(11)2-3-8(10)9(13)4-5-12;/h2-3,6,9H,4-5,12-13H2,1H3;1H/t9-;/m1./s1. The average molecular weight is 296 g/mol. The quantitative estimate of drug-likeness (QED) is 0.895. The number of nitrogens with two attached hydrogens (primary N) is 2. The first-order valence-electron chi connectivity index (χ1n) is 4.48. The van der Waals surface area contributed by atoms with Crippen molar-refractivity contribution in [2.24, 2.45) is 11.5 Å². The van der Waals surface area contributed by atoms with Gasteiger partial charge in [-0.3, -0.25) is 0 Å². The minimum atomic E-state index is -0.0527. The van der Waals surface area contributed by atoms with Gasteiger partial charge >= 0.3 is 0 Å². The summed E-state index contributed by atoms with van der Waals surface area (Å²) >= 11 is 3.38. The number of methoxy groups -OCH3 is 1. The minimum absolute atomic E-state index is 0. The van der Waals surface area contributed by atoms with E-state index in [1.807, 2.05) is 18.2 Å². The summed E-state index contributed by atoms with van der Waals surface area (Å²) < 4.78 is 6.23. The van der Waals surface area contributed by atoms with Gasteiger partial charge in [0.25, 0.3) is 0 Å². The molecular weight excluding hydrogens is 279 g/mol. The predicted molar refractivity (Wildman–Crippen MR) is 68.5 cm³/mol. The van der Waals surface area contributed by atoms with Crippen LogP contribution < -0.4 is 16.2 Å². The fourth-order valence-corrected chi connectivity index (χ4v) is 1.67. The van der Waals surface area contributed by atoms with E-state index in [1.165, 1.54) is 0 Å². The van der Waals surface area contributed by atoms with E-state index in [2.05, 4.69) is 15.9 Å². The van der Waals surface area contributed by atoms with Crippen molar-refractivity contribution in [1.29, 1.82) is 0 Å². The Morgan fingerprint density at radius 1 is 1.47 bits per heavy atom. The molecule has 3 nitrogen and oxygen atoms in total. The van der Waals surface area contributed by atoms with Gasteiger partial charge < -0.3 is 16.2 Å². The average Bonchev–Trinajstić information content (AvgIpc) is 2.17. The van der Waals surface area contributed by atoms with Gasteiger partial charge in [-0.2, -0.15) is 0 Å². The monoisotopic (exact) mass is 294 g/mol. The van der Waals surface area contributed by atoms with E-state index < -0.39 is 0 Å². The fraction of sp³-hybridized carbons (Fsp3) is 0.400. The van der Waals surface area contributed by atoms with Crippen LogP contribution in [0.15, 0.2) is 22.7 Å². The van der Waals surface area contributed by atoms with E-state index in [0.29, 0.717) is 6.54 Å². The number of ether oxygens (including phenoxy) is 1. The first kappa shape index (κ1) is 14.7. The van der Waals surface area contributed by atoms with E-state index in [1.54, 1.807) is 7.11 Å². The summed E-state index contributed by atoms with van der Waals surface area (Å²) in [7, 11) is 1.64. The second-order valence-corrected chi connectivity index (χ2v) is 3.99. The van der Waals surface area contributed by atoms with Crippen LogP contribution in [0.1, 0.15) is 18.0 Å². The molecule has 0 aromatic heterocycles. The van der Waals surface area contributed by atoms with Crippen LogP contribution >= 0.6 is 28.3 Å². The number of benzene rings is 1. The Kier molecular flexibility index (Phi) is 6.92. The van der Waals surface area contributed by atoms with Crippen molar-refractivity contribution in [2.45, 2.75) is 12.5 Å². The first-order chi connectivity index (χ1) is 6.69. The van der Waals surface area contributed by atoms with Crippen LogP contribution in [0.3, 0.4) is 0 Å². The fourth-order valence-electron chi connectivity index (χ4n) is 1.33. The third kappa shape index (κ3) is 3.99. The summed E-state index contributed by atoms with van der Waals surface area (Å²) in [6.07, 6.45) is 0.762. The molecule has 4 N–H and O–H groups in total. The van der Waals surface area contributed by atoms with Gasteiger partial charge in [0.1, 0.15) is 5.75 Å². The Morgan fingerprint density at radius 2 is 2.13 bits per heavy atom. The third-order valence-electron chi connectivity index (χ3n) is 2.07. The highest BCUT2D eigenvalue weighted by atomic mass is 79.9. The summed E-state index contributed by atoms with van der Waals surface area (Å²) in [6.45, 7) is 0.584. The van der Waals surface area contributed by atoms with Crippen molar-refractivity contribution < 1.29 is 4.74 Å². The van der Waals surface area contributed by atoms with Gasteiger partial charge in [-0.1, -0.05) is 22.0 Å². The van der Waals surface area contributed by atoms with Crippen molar-refractivity contribution in [3.8, 4) is 5.75 Å². The zero-order valence-corrected chi connectivity index (χ0v) is 11.0. The van der Waals surface area contributed by atoms with E-state index in [-0.39, 0.29) is 18.4 Å². The number of hydrogen-bond acceptors (Lipinski definition) is 3. The lowest BCUT2D eigenvalue weighted by molar-refractivity contribution is 0.404. The van der Waals surface area contributed by atoms with E-state index in [9.17, 15) is 0 Å². The van der Waals surface area contributed by atoms with Gasteiger partial charge in [0, 0.05) is 16.1 Å². The van der Waals surface area contributed by atoms with Crippen LogP contribution in [-0.2, 0) is 0 Å². The maximum Gasteiger partial charge on any atom is 0.124 e. The lowest BCUT2D eigenvalue weighted by Crippen LogP contribution is -2.16. The maximum absolute atomic E-state index is 5.96. The van der Waals surface area contributed by atoms with E-state index in [0.717, 1.165) is 22.2 Å². The molecule has 86 valence electrons. The van der Waals surface area contributed by atoms with Crippen LogP contribution in [0.25, 0.3) is 0 Å². The molecule has 0 radical (unpaired) electrons. The summed E-state index contributed by atoms with van der Waals surface area (Å²) in [5.74, 6) is 0.806. The third-order valence-corrected chi connectivity index (χ3v) is 2.57. The van der Waals surface area contributed by atoms with Crippen molar-refractivity contribution in [3.63, 3.8) is 0 Å². The molecule has 1 rings (SSSR count). The molecule has 0 aliphatic heterocycles. The van der Waals surface area contributed by atoms with Crippen LogP contribution in [0.4, 0.5) is 0 Å². The molecule has 1 atom stereocenters. The summed E-state index contributed by atoms with van der Waals surface area (Å²) in [6, 6.07) is 5.77. The van der Waals surface area contributed by atoms with Crippen molar-refractivity contribution in [1.82, 2.24) is 0 Å². The molecule has 0 fully saturated rings. The van der Waals surface area contributed by atoms with Gasteiger partial charge in [0.15, 0.2) is 0 Å². The SMILES string of the molecule is COc1cc(Br)ccc1[C@H](N)CCN.Cl. The van der Waals surface area contributed by atoms with Crippen molar-refractivity contribution in [2.75, 3.05) is 13.7 Å². The van der Waals surface area contributed by atoms with Crippen LogP contribution in [0, 0.1) is 0 Å². The number of hydrogen-bond donors (Lipinski definition) is 2. The molecule has 1 aromatic rings. The van der Waals surface area contributed by atoms with E-state index >= 15 is 0 Å². The first-order valence-corrected chi connectivity index (χ1v) is 5.27. The molecular formula is C10H16BrClN2O. The highest BCUT2D eigenvalue weighted by Gasteiger charge is 2.10. The Bertz CT molecular complexity index is 309. The van der Waals surface area contributed by atoms with E-state index in [4.69, 9.17) is 16.2 Å². The van der Waals surface area contributed by atoms with Gasteiger partial charge in [0.05, 0.1) is 7.11 Å². The lowest BCUT2D eigenvalue weighted by Gasteiger charge is -2.14. The van der Waals surface area contributed by atoms with Gasteiger partial charge in [0.2, 0.25) is 0 Å². The Morgan fingerprint density at radius 3 is 2.67 bits per heavy atom. The Hall–Kier alpha value is -0.290. The van der Waals surface area contributed by atoms with Crippen molar-refractivity contribution in [3.05, 3.63) is 28.2 Å². The zero-order chi connectivity index (χ0) is 10.6. The maximum atomic E-state index is 5.96. The molecule has 0 spiro atoms. The van der Waals surface area contributed by atoms with Crippen LogP contribution in [0.2, 0.25) is 0 Å². The zero-order valence-electron chi connectivity index (χ0n) is 8.57. The molecule has 0 amide bonds. The van der Waals surface area contributed by atoms with Gasteiger partial charge in [-0.25, -0.2) is 0 Å². The second-order valence-electron chi connectivity index (χ2n) is 3.07.